The molecule has 1 aliphatic heterocycles. The minimum atomic E-state index is -0.579. The van der Waals surface area contributed by atoms with Crippen molar-refractivity contribution in [3.8, 4) is 0 Å². The molecule has 12 heavy (non-hydrogen) atoms. The zero-order valence-electron chi connectivity index (χ0n) is 6.95. The highest BCUT2D eigenvalue weighted by molar-refractivity contribution is 6.04. The molecule has 0 radical (unpaired) electrons. The van der Waals surface area contributed by atoms with Gasteiger partial charge < -0.3 is 9.84 Å². The van der Waals surface area contributed by atoms with E-state index in [0.29, 0.717) is 6.61 Å². The van der Waals surface area contributed by atoms with Crippen LogP contribution < -0.4 is 0 Å². The summed E-state index contributed by atoms with van der Waals surface area (Å²) in [6.45, 7) is 2.40. The first-order valence-electron chi connectivity index (χ1n) is 3.75. The van der Waals surface area contributed by atoms with E-state index in [1.807, 2.05) is 0 Å². The molecule has 4 nitrogen and oxygen atoms in total. The van der Waals surface area contributed by atoms with Crippen LogP contribution in [0.5, 0.6) is 0 Å². The number of rotatable bonds is 2. The van der Waals surface area contributed by atoms with Crippen LogP contribution in [-0.2, 0) is 14.3 Å². The molecule has 0 saturated carbocycles. The van der Waals surface area contributed by atoms with E-state index in [2.05, 4.69) is 11.7 Å². The maximum atomic E-state index is 9.92. The predicted molar refractivity (Wildman–Crippen MR) is 42.2 cm³/mol. The Morgan fingerprint density at radius 1 is 1.33 bits per heavy atom. The molecular formula is C8H12O4. The second kappa shape index (κ2) is 6.54. The van der Waals surface area contributed by atoms with Crippen molar-refractivity contribution >= 4 is 11.9 Å². The summed E-state index contributed by atoms with van der Waals surface area (Å²) in [6, 6.07) is 0. The average molecular weight is 172 g/mol. The summed E-state index contributed by atoms with van der Waals surface area (Å²) in [6.07, 6.45) is 4.21. The molecule has 1 heterocycles. The van der Waals surface area contributed by atoms with Crippen molar-refractivity contribution in [1.29, 1.82) is 0 Å². The molecule has 0 bridgehead atoms. The number of aliphatic hydroxyl groups is 1. The van der Waals surface area contributed by atoms with Gasteiger partial charge in [0.15, 0.2) is 0 Å². The minimum absolute atomic E-state index is 0.344. The maximum absolute atomic E-state index is 9.92. The quantitative estimate of drug-likeness (QED) is 0.484. The van der Waals surface area contributed by atoms with Crippen LogP contribution in [0.4, 0.5) is 0 Å². The highest BCUT2D eigenvalue weighted by Gasteiger charge is 2.10. The van der Waals surface area contributed by atoms with Gasteiger partial charge in [-0.1, -0.05) is 13.3 Å². The molecule has 0 amide bonds. The van der Waals surface area contributed by atoms with Gasteiger partial charge in [0.05, 0.1) is 0 Å². The Labute approximate surface area is 70.8 Å². The number of ether oxygens (including phenoxy) is 1. The van der Waals surface area contributed by atoms with Crippen molar-refractivity contribution in [2.45, 2.75) is 19.8 Å². The van der Waals surface area contributed by atoms with E-state index in [0.717, 1.165) is 25.0 Å². The van der Waals surface area contributed by atoms with Crippen molar-refractivity contribution in [3.05, 3.63) is 12.2 Å². The Bertz CT molecular complexity index is 165. The maximum Gasteiger partial charge on any atom is 0.338 e. The Kier molecular flexibility index (Phi) is 5.91. The molecule has 4 heteroatoms. The lowest BCUT2D eigenvalue weighted by Gasteiger charge is -1.80. The summed E-state index contributed by atoms with van der Waals surface area (Å²) in [5.74, 6) is -1.16. The molecule has 0 fully saturated rings. The van der Waals surface area contributed by atoms with E-state index in [1.54, 1.807) is 0 Å². The molecule has 0 saturated heterocycles. The van der Waals surface area contributed by atoms with Gasteiger partial charge in [0.25, 0.3) is 0 Å². The average Bonchev–Trinajstić information content (AvgIpc) is 2.38. The van der Waals surface area contributed by atoms with Gasteiger partial charge in [-0.05, 0) is 6.42 Å². The first kappa shape index (κ1) is 10.8. The monoisotopic (exact) mass is 172 g/mol. The van der Waals surface area contributed by atoms with Gasteiger partial charge in [0.2, 0.25) is 0 Å². The Hall–Kier alpha value is -1.16. The van der Waals surface area contributed by atoms with Crippen LogP contribution in [0, 0.1) is 0 Å². The normalized spacial score (nSPS) is 13.8. The van der Waals surface area contributed by atoms with Gasteiger partial charge in [0, 0.05) is 18.8 Å². The Balaban J connectivity index is 0.000000217. The van der Waals surface area contributed by atoms with Crippen LogP contribution in [0.15, 0.2) is 12.2 Å². The van der Waals surface area contributed by atoms with Crippen molar-refractivity contribution in [1.82, 2.24) is 0 Å². The summed E-state index contributed by atoms with van der Waals surface area (Å²) < 4.78 is 3.97. The molecule has 1 N–H and O–H groups in total. The number of hydrogen-bond donors (Lipinski definition) is 1. The third-order valence-corrected chi connectivity index (χ3v) is 1.07. The van der Waals surface area contributed by atoms with E-state index in [-0.39, 0.29) is 0 Å². The zero-order valence-corrected chi connectivity index (χ0v) is 6.95. The molecule has 0 atom stereocenters. The number of esters is 2. The minimum Gasteiger partial charge on any atom is -0.396 e. The van der Waals surface area contributed by atoms with Crippen LogP contribution in [0.2, 0.25) is 0 Å². The van der Waals surface area contributed by atoms with Crippen LogP contribution in [-0.4, -0.2) is 23.7 Å². The van der Waals surface area contributed by atoms with Gasteiger partial charge in [-0.3, -0.25) is 0 Å². The molecule has 0 spiro atoms. The third-order valence-electron chi connectivity index (χ3n) is 1.07. The number of cyclic esters (lactones) is 2. The second-order valence-corrected chi connectivity index (χ2v) is 2.15. The number of aliphatic hydroxyl groups excluding tert-OH is 1. The Morgan fingerprint density at radius 2 is 1.83 bits per heavy atom. The number of carbonyl (C=O) groups excluding carboxylic acids is 2. The van der Waals surface area contributed by atoms with Crippen LogP contribution in [0.3, 0.4) is 0 Å². The highest BCUT2D eigenvalue weighted by Crippen LogP contribution is 1.92. The predicted octanol–water partition coefficient (Wildman–Crippen LogP) is 0.405. The highest BCUT2D eigenvalue weighted by atomic mass is 16.6. The number of unbranched alkanes of at least 4 members (excludes halogenated alkanes) is 1. The lowest BCUT2D eigenvalue weighted by Crippen LogP contribution is -1.96. The molecule has 0 aromatic heterocycles. The van der Waals surface area contributed by atoms with Crippen LogP contribution >= 0.6 is 0 Å². The van der Waals surface area contributed by atoms with Gasteiger partial charge >= 0.3 is 11.9 Å². The van der Waals surface area contributed by atoms with Gasteiger partial charge in [-0.25, -0.2) is 9.59 Å². The molecule has 0 aromatic rings. The standard InChI is InChI=1S/C4H2O3.C4H10O/c5-3-1-2-4(6)7-3;1-2-3-4-5/h1-2H;5H,2-4H2,1H3. The topological polar surface area (TPSA) is 63.6 Å². The molecule has 0 unspecified atom stereocenters. The largest absolute Gasteiger partial charge is 0.396 e. The van der Waals surface area contributed by atoms with Crippen molar-refractivity contribution in [2.24, 2.45) is 0 Å². The summed E-state index contributed by atoms with van der Waals surface area (Å²) in [4.78, 5) is 19.8. The first-order valence-corrected chi connectivity index (χ1v) is 3.75. The van der Waals surface area contributed by atoms with E-state index in [1.165, 1.54) is 0 Å². The second-order valence-electron chi connectivity index (χ2n) is 2.15. The Morgan fingerprint density at radius 3 is 1.92 bits per heavy atom. The number of carbonyl (C=O) groups is 2. The first-order chi connectivity index (χ1) is 5.70. The molecule has 1 rings (SSSR count). The lowest BCUT2D eigenvalue weighted by molar-refractivity contribution is -0.150. The summed E-state index contributed by atoms with van der Waals surface area (Å²) >= 11 is 0. The van der Waals surface area contributed by atoms with E-state index in [4.69, 9.17) is 5.11 Å². The molecule has 0 aliphatic carbocycles. The summed E-state index contributed by atoms with van der Waals surface area (Å²) in [5.41, 5.74) is 0. The van der Waals surface area contributed by atoms with Gasteiger partial charge in [0.1, 0.15) is 0 Å². The van der Waals surface area contributed by atoms with Crippen molar-refractivity contribution in [3.63, 3.8) is 0 Å². The lowest BCUT2D eigenvalue weighted by atomic mass is 10.4. The molecular weight excluding hydrogens is 160 g/mol. The summed E-state index contributed by atoms with van der Waals surface area (Å²) in [7, 11) is 0. The van der Waals surface area contributed by atoms with Gasteiger partial charge in [-0.15, -0.1) is 0 Å². The summed E-state index contributed by atoms with van der Waals surface area (Å²) in [5, 5.41) is 8.07. The SMILES string of the molecule is CCCCO.O=C1C=CC(=O)O1. The zero-order chi connectivity index (χ0) is 9.40. The van der Waals surface area contributed by atoms with Crippen molar-refractivity contribution in [2.75, 3.05) is 6.61 Å². The van der Waals surface area contributed by atoms with Crippen LogP contribution in [0.1, 0.15) is 19.8 Å². The van der Waals surface area contributed by atoms with E-state index < -0.39 is 11.9 Å². The fourth-order valence-electron chi connectivity index (χ4n) is 0.461. The van der Waals surface area contributed by atoms with Gasteiger partial charge in [-0.2, -0.15) is 0 Å². The number of hydrogen-bond acceptors (Lipinski definition) is 4. The smallest absolute Gasteiger partial charge is 0.338 e. The molecule has 68 valence electrons. The van der Waals surface area contributed by atoms with E-state index >= 15 is 0 Å². The molecule has 1 aliphatic rings. The third kappa shape index (κ3) is 5.61. The fraction of sp³-hybridized carbons (Fsp3) is 0.500. The van der Waals surface area contributed by atoms with E-state index in [9.17, 15) is 9.59 Å². The van der Waals surface area contributed by atoms with Crippen LogP contribution in [0.25, 0.3) is 0 Å². The fourth-order valence-corrected chi connectivity index (χ4v) is 0.461. The van der Waals surface area contributed by atoms with Crippen molar-refractivity contribution < 1.29 is 19.4 Å². The molecule has 0 aromatic carbocycles.